The van der Waals surface area contributed by atoms with Crippen LogP contribution in [0.25, 0.3) is 11.0 Å². The molecule has 0 radical (unpaired) electrons. The van der Waals surface area contributed by atoms with Crippen LogP contribution in [-0.4, -0.2) is 33.6 Å². The average molecular weight is 292 g/mol. The van der Waals surface area contributed by atoms with Gasteiger partial charge in [0.25, 0.3) is 0 Å². The van der Waals surface area contributed by atoms with E-state index in [2.05, 4.69) is 9.97 Å². The summed E-state index contributed by atoms with van der Waals surface area (Å²) in [5.41, 5.74) is 1.44. The Morgan fingerprint density at radius 3 is 2.65 bits per heavy atom. The largest absolute Gasteiger partial charge is 0.480 e. The van der Waals surface area contributed by atoms with Crippen molar-refractivity contribution in [2.45, 2.75) is 25.3 Å². The van der Waals surface area contributed by atoms with Gasteiger partial charge in [0.2, 0.25) is 0 Å². The average Bonchev–Trinajstić information content (AvgIpc) is 2.46. The summed E-state index contributed by atoms with van der Waals surface area (Å²) in [7, 11) is 0. The fourth-order valence-electron chi connectivity index (χ4n) is 2.59. The van der Waals surface area contributed by atoms with Gasteiger partial charge in [-0.05, 0) is 31.4 Å². The van der Waals surface area contributed by atoms with E-state index >= 15 is 0 Å². The van der Waals surface area contributed by atoms with Crippen molar-refractivity contribution in [3.8, 4) is 0 Å². The molecule has 0 spiro atoms. The predicted octanol–water partition coefficient (Wildman–Crippen LogP) is 2.73. The maximum atomic E-state index is 11.4. The Morgan fingerprint density at radius 1 is 1.25 bits per heavy atom. The van der Waals surface area contributed by atoms with E-state index < -0.39 is 12.0 Å². The minimum absolute atomic E-state index is 0.261. The number of halogens is 1. The lowest BCUT2D eigenvalue weighted by Crippen LogP contribution is -2.45. The van der Waals surface area contributed by atoms with Crippen LogP contribution >= 0.6 is 11.6 Å². The van der Waals surface area contributed by atoms with Crippen molar-refractivity contribution in [1.82, 2.24) is 9.97 Å². The van der Waals surface area contributed by atoms with E-state index in [-0.39, 0.29) is 5.15 Å². The molecule has 104 valence electrons. The van der Waals surface area contributed by atoms with Gasteiger partial charge in [-0.15, -0.1) is 0 Å². The summed E-state index contributed by atoms with van der Waals surface area (Å²) in [6.07, 6.45) is 2.46. The second-order valence-corrected chi connectivity index (χ2v) is 5.23. The van der Waals surface area contributed by atoms with Crippen molar-refractivity contribution in [3.05, 3.63) is 29.4 Å². The maximum absolute atomic E-state index is 11.4. The highest BCUT2D eigenvalue weighted by atomic mass is 35.5. The fraction of sp³-hybridized carbons (Fsp3) is 0.357. The lowest BCUT2D eigenvalue weighted by Gasteiger charge is -2.34. The molecular weight excluding hydrogens is 278 g/mol. The lowest BCUT2D eigenvalue weighted by atomic mass is 10.0. The fourth-order valence-corrected chi connectivity index (χ4v) is 2.84. The van der Waals surface area contributed by atoms with Crippen molar-refractivity contribution in [2.24, 2.45) is 0 Å². The molecule has 2 heterocycles. The Balaban J connectivity index is 2.07. The summed E-state index contributed by atoms with van der Waals surface area (Å²) >= 11 is 6.20. The molecule has 1 aliphatic heterocycles. The van der Waals surface area contributed by atoms with Crippen molar-refractivity contribution in [2.75, 3.05) is 11.4 Å². The number of carbonyl (C=O) groups is 1. The number of carboxylic acid groups (broad SMARTS) is 1. The molecule has 1 unspecified atom stereocenters. The molecule has 1 saturated heterocycles. The van der Waals surface area contributed by atoms with Gasteiger partial charge in [-0.2, -0.15) is 0 Å². The van der Waals surface area contributed by atoms with Gasteiger partial charge in [0.05, 0.1) is 11.0 Å². The summed E-state index contributed by atoms with van der Waals surface area (Å²) in [6.45, 7) is 0.643. The summed E-state index contributed by atoms with van der Waals surface area (Å²) < 4.78 is 0. The van der Waals surface area contributed by atoms with E-state index in [9.17, 15) is 9.90 Å². The number of para-hydroxylation sites is 2. The summed E-state index contributed by atoms with van der Waals surface area (Å²) in [5, 5.41) is 9.60. The van der Waals surface area contributed by atoms with Crippen LogP contribution in [0.2, 0.25) is 5.15 Å². The molecule has 0 saturated carbocycles. The Bertz CT molecular complexity index is 662. The minimum atomic E-state index is -0.837. The smallest absolute Gasteiger partial charge is 0.326 e. The molecule has 0 aliphatic carbocycles. The number of piperidine rings is 1. The van der Waals surface area contributed by atoms with Gasteiger partial charge in [-0.3, -0.25) is 0 Å². The van der Waals surface area contributed by atoms with Gasteiger partial charge in [-0.1, -0.05) is 23.7 Å². The molecule has 0 amide bonds. The third-order valence-corrected chi connectivity index (χ3v) is 3.82. The molecule has 1 fully saturated rings. The van der Waals surface area contributed by atoms with Gasteiger partial charge in [0, 0.05) is 6.54 Å². The number of fused-ring (bicyclic) bond motifs is 1. The van der Waals surface area contributed by atoms with E-state index in [0.717, 1.165) is 18.4 Å². The quantitative estimate of drug-likeness (QED) is 0.921. The lowest BCUT2D eigenvalue weighted by molar-refractivity contribution is -0.139. The van der Waals surface area contributed by atoms with Gasteiger partial charge in [-0.25, -0.2) is 14.8 Å². The van der Waals surface area contributed by atoms with Crippen molar-refractivity contribution >= 4 is 34.4 Å². The van der Waals surface area contributed by atoms with Crippen molar-refractivity contribution < 1.29 is 9.90 Å². The zero-order chi connectivity index (χ0) is 14.1. The second kappa shape index (κ2) is 5.25. The first-order valence-corrected chi connectivity index (χ1v) is 6.96. The number of aromatic nitrogens is 2. The van der Waals surface area contributed by atoms with Crippen LogP contribution in [0.3, 0.4) is 0 Å². The van der Waals surface area contributed by atoms with Crippen LogP contribution in [-0.2, 0) is 4.79 Å². The zero-order valence-electron chi connectivity index (χ0n) is 10.8. The number of anilines is 1. The molecule has 1 aromatic heterocycles. The van der Waals surface area contributed by atoms with Crippen LogP contribution in [0.5, 0.6) is 0 Å². The molecule has 20 heavy (non-hydrogen) atoms. The van der Waals surface area contributed by atoms with Gasteiger partial charge in [0.15, 0.2) is 11.0 Å². The summed E-state index contributed by atoms with van der Waals surface area (Å²) in [5.74, 6) is -0.367. The highest BCUT2D eigenvalue weighted by Crippen LogP contribution is 2.30. The third kappa shape index (κ3) is 2.29. The Hall–Kier alpha value is -1.88. The molecule has 1 atom stereocenters. The van der Waals surface area contributed by atoms with E-state index in [1.54, 1.807) is 4.90 Å². The molecule has 2 aromatic rings. The number of hydrogen-bond donors (Lipinski definition) is 1. The second-order valence-electron chi connectivity index (χ2n) is 4.87. The molecule has 0 bridgehead atoms. The number of nitrogens with zero attached hydrogens (tertiary/aromatic N) is 3. The molecule has 1 N–H and O–H groups in total. The van der Waals surface area contributed by atoms with Crippen LogP contribution in [0.4, 0.5) is 5.82 Å². The van der Waals surface area contributed by atoms with Gasteiger partial charge in [0.1, 0.15) is 6.04 Å². The van der Waals surface area contributed by atoms with Crippen LogP contribution < -0.4 is 4.90 Å². The molecular formula is C14H14ClN3O2. The predicted molar refractivity (Wildman–Crippen MR) is 77.2 cm³/mol. The maximum Gasteiger partial charge on any atom is 0.326 e. The van der Waals surface area contributed by atoms with Crippen LogP contribution in [0.15, 0.2) is 24.3 Å². The van der Waals surface area contributed by atoms with Crippen LogP contribution in [0, 0.1) is 0 Å². The number of benzene rings is 1. The SMILES string of the molecule is O=C(O)C1CCCCN1c1nc2ccccc2nc1Cl. The normalized spacial score (nSPS) is 19.2. The molecule has 6 heteroatoms. The monoisotopic (exact) mass is 291 g/mol. The van der Waals surface area contributed by atoms with E-state index in [1.165, 1.54) is 0 Å². The number of carboxylic acids is 1. The number of rotatable bonds is 2. The first kappa shape index (κ1) is 13.1. The van der Waals surface area contributed by atoms with Gasteiger partial charge >= 0.3 is 5.97 Å². The third-order valence-electron chi connectivity index (χ3n) is 3.57. The van der Waals surface area contributed by atoms with Crippen molar-refractivity contribution in [1.29, 1.82) is 0 Å². The summed E-state index contributed by atoms with van der Waals surface area (Å²) in [4.78, 5) is 21.9. The Kier molecular flexibility index (Phi) is 3.44. The van der Waals surface area contributed by atoms with E-state index in [1.807, 2.05) is 24.3 Å². The Labute approximate surface area is 121 Å². The number of hydrogen-bond acceptors (Lipinski definition) is 4. The van der Waals surface area contributed by atoms with E-state index in [0.29, 0.717) is 24.3 Å². The Morgan fingerprint density at radius 2 is 1.95 bits per heavy atom. The highest BCUT2D eigenvalue weighted by molar-refractivity contribution is 6.32. The molecule has 3 rings (SSSR count). The highest BCUT2D eigenvalue weighted by Gasteiger charge is 2.31. The van der Waals surface area contributed by atoms with Crippen LogP contribution in [0.1, 0.15) is 19.3 Å². The molecule has 1 aliphatic rings. The first-order chi connectivity index (χ1) is 9.66. The van der Waals surface area contributed by atoms with Crippen molar-refractivity contribution in [3.63, 3.8) is 0 Å². The first-order valence-electron chi connectivity index (χ1n) is 6.58. The van der Waals surface area contributed by atoms with Gasteiger partial charge < -0.3 is 10.0 Å². The van der Waals surface area contributed by atoms with E-state index in [4.69, 9.17) is 11.6 Å². The topological polar surface area (TPSA) is 66.3 Å². The summed E-state index contributed by atoms with van der Waals surface area (Å²) in [6, 6.07) is 6.86. The molecule has 5 nitrogen and oxygen atoms in total. The molecule has 1 aromatic carbocycles. The standard InChI is InChI=1S/C14H14ClN3O2/c15-12-13(17-10-6-2-1-5-9(10)16-12)18-8-4-3-7-11(18)14(19)20/h1-2,5-6,11H,3-4,7-8H2,(H,19,20). The minimum Gasteiger partial charge on any atom is -0.480 e. The zero-order valence-corrected chi connectivity index (χ0v) is 11.5. The number of aliphatic carboxylic acids is 1.